The Morgan fingerprint density at radius 1 is 1.11 bits per heavy atom. The van der Waals surface area contributed by atoms with Crippen molar-refractivity contribution in [3.63, 3.8) is 0 Å². The molecule has 2 atom stereocenters. The monoisotopic (exact) mass is 257 g/mol. The van der Waals surface area contributed by atoms with Gasteiger partial charge in [0.05, 0.1) is 0 Å². The van der Waals surface area contributed by atoms with Crippen LogP contribution < -0.4 is 5.73 Å². The normalized spacial score (nSPS) is 22.0. The molecule has 0 spiro atoms. The molecular formula is C14H31N3O. The summed E-state index contributed by atoms with van der Waals surface area (Å²) in [5, 5.41) is 0. The van der Waals surface area contributed by atoms with E-state index >= 15 is 0 Å². The maximum atomic E-state index is 5.88. The van der Waals surface area contributed by atoms with Crippen LogP contribution in [0.2, 0.25) is 0 Å². The summed E-state index contributed by atoms with van der Waals surface area (Å²) in [4.78, 5) is 5.15. The largest absolute Gasteiger partial charge is 0.385 e. The summed E-state index contributed by atoms with van der Waals surface area (Å²) in [6, 6.07) is 1.22. The molecule has 0 saturated carbocycles. The predicted molar refractivity (Wildman–Crippen MR) is 76.9 cm³/mol. The highest BCUT2D eigenvalue weighted by atomic mass is 16.5. The predicted octanol–water partition coefficient (Wildman–Crippen LogP) is 1.16. The molecule has 0 aromatic carbocycles. The van der Waals surface area contributed by atoms with Crippen LogP contribution >= 0.6 is 0 Å². The Morgan fingerprint density at radius 3 is 2.22 bits per heavy atom. The van der Waals surface area contributed by atoms with Crippen LogP contribution in [0.25, 0.3) is 0 Å². The van der Waals surface area contributed by atoms with E-state index in [2.05, 4.69) is 23.6 Å². The van der Waals surface area contributed by atoms with Crippen molar-refractivity contribution in [2.45, 2.75) is 45.2 Å². The molecule has 1 heterocycles. The average molecular weight is 257 g/mol. The maximum Gasteiger partial charge on any atom is 0.0477 e. The van der Waals surface area contributed by atoms with E-state index in [1.807, 2.05) is 0 Å². The standard InChI is InChI=1S/C14H31N3O/c1-4-5-14(12-15)17-9-7-16(8-10-17)13(2)6-11-18-3/h13-14H,4-12,15H2,1-3H3. The third-order valence-corrected chi connectivity index (χ3v) is 4.12. The van der Waals surface area contributed by atoms with Crippen LogP contribution in [0.4, 0.5) is 0 Å². The Kier molecular flexibility index (Phi) is 7.82. The molecule has 0 radical (unpaired) electrons. The van der Waals surface area contributed by atoms with Gasteiger partial charge in [-0.3, -0.25) is 9.80 Å². The lowest BCUT2D eigenvalue weighted by Gasteiger charge is -2.41. The van der Waals surface area contributed by atoms with Crippen LogP contribution in [-0.2, 0) is 4.74 Å². The van der Waals surface area contributed by atoms with Crippen molar-refractivity contribution in [1.82, 2.24) is 9.80 Å². The van der Waals surface area contributed by atoms with Crippen molar-refractivity contribution < 1.29 is 4.74 Å². The van der Waals surface area contributed by atoms with Crippen molar-refractivity contribution in [1.29, 1.82) is 0 Å². The van der Waals surface area contributed by atoms with Crippen LogP contribution in [0.1, 0.15) is 33.1 Å². The number of methoxy groups -OCH3 is 1. The summed E-state index contributed by atoms with van der Waals surface area (Å²) in [7, 11) is 1.78. The number of hydrogen-bond donors (Lipinski definition) is 1. The van der Waals surface area contributed by atoms with Gasteiger partial charge in [-0.25, -0.2) is 0 Å². The Morgan fingerprint density at radius 2 is 1.72 bits per heavy atom. The average Bonchev–Trinajstić information content (AvgIpc) is 2.42. The van der Waals surface area contributed by atoms with Crippen LogP contribution in [0.3, 0.4) is 0 Å². The fourth-order valence-corrected chi connectivity index (χ4v) is 2.80. The topological polar surface area (TPSA) is 41.7 Å². The molecule has 18 heavy (non-hydrogen) atoms. The fourth-order valence-electron chi connectivity index (χ4n) is 2.80. The van der Waals surface area contributed by atoms with Gasteiger partial charge in [0.1, 0.15) is 0 Å². The second kappa shape index (κ2) is 8.86. The minimum Gasteiger partial charge on any atom is -0.385 e. The van der Waals surface area contributed by atoms with Crippen LogP contribution in [-0.4, -0.2) is 68.3 Å². The molecule has 1 aliphatic heterocycles. The molecule has 1 aliphatic rings. The Balaban J connectivity index is 2.30. The molecule has 1 saturated heterocycles. The summed E-state index contributed by atoms with van der Waals surface area (Å²) < 4.78 is 5.16. The summed E-state index contributed by atoms with van der Waals surface area (Å²) >= 11 is 0. The van der Waals surface area contributed by atoms with Crippen LogP contribution in [0, 0.1) is 0 Å². The fraction of sp³-hybridized carbons (Fsp3) is 1.00. The molecule has 0 bridgehead atoms. The minimum absolute atomic E-state index is 0.589. The lowest BCUT2D eigenvalue weighted by atomic mass is 10.1. The highest BCUT2D eigenvalue weighted by molar-refractivity contribution is 4.81. The molecule has 4 heteroatoms. The first kappa shape index (κ1) is 15.9. The molecular weight excluding hydrogens is 226 g/mol. The zero-order chi connectivity index (χ0) is 13.4. The molecule has 0 aromatic heterocycles. The van der Waals surface area contributed by atoms with Crippen molar-refractivity contribution in [3.8, 4) is 0 Å². The number of nitrogens with zero attached hydrogens (tertiary/aromatic N) is 2. The van der Waals surface area contributed by atoms with E-state index in [1.165, 1.54) is 39.0 Å². The Hall–Kier alpha value is -0.160. The first-order chi connectivity index (χ1) is 8.72. The molecule has 1 fully saturated rings. The molecule has 108 valence electrons. The third kappa shape index (κ3) is 4.84. The van der Waals surface area contributed by atoms with Gasteiger partial charge in [-0.1, -0.05) is 13.3 Å². The third-order valence-electron chi connectivity index (χ3n) is 4.12. The summed E-state index contributed by atoms with van der Waals surface area (Å²) in [6.45, 7) is 10.9. The summed E-state index contributed by atoms with van der Waals surface area (Å²) in [5.41, 5.74) is 5.88. The van der Waals surface area contributed by atoms with Gasteiger partial charge in [-0.2, -0.15) is 0 Å². The van der Waals surface area contributed by atoms with E-state index in [1.54, 1.807) is 7.11 Å². The van der Waals surface area contributed by atoms with Gasteiger partial charge in [0.15, 0.2) is 0 Å². The smallest absolute Gasteiger partial charge is 0.0477 e. The zero-order valence-electron chi connectivity index (χ0n) is 12.4. The number of nitrogens with two attached hydrogens (primary N) is 1. The minimum atomic E-state index is 0.589. The second-order valence-electron chi connectivity index (χ2n) is 5.38. The Labute approximate surface area is 112 Å². The first-order valence-electron chi connectivity index (χ1n) is 7.40. The highest BCUT2D eigenvalue weighted by Crippen LogP contribution is 2.13. The van der Waals surface area contributed by atoms with Crippen LogP contribution in [0.15, 0.2) is 0 Å². The van der Waals surface area contributed by atoms with Gasteiger partial charge in [-0.15, -0.1) is 0 Å². The quantitative estimate of drug-likeness (QED) is 0.708. The molecule has 0 aliphatic carbocycles. The number of rotatable bonds is 8. The van der Waals surface area contributed by atoms with E-state index in [9.17, 15) is 0 Å². The highest BCUT2D eigenvalue weighted by Gasteiger charge is 2.24. The number of hydrogen-bond acceptors (Lipinski definition) is 4. The van der Waals surface area contributed by atoms with Gasteiger partial charge in [0.25, 0.3) is 0 Å². The van der Waals surface area contributed by atoms with Gasteiger partial charge in [0, 0.05) is 58.5 Å². The molecule has 2 unspecified atom stereocenters. The molecule has 2 N–H and O–H groups in total. The lowest BCUT2D eigenvalue weighted by molar-refractivity contribution is 0.0606. The SMILES string of the molecule is CCCC(CN)N1CCN(C(C)CCOC)CC1. The summed E-state index contributed by atoms with van der Waals surface area (Å²) in [5.74, 6) is 0. The molecule has 0 amide bonds. The van der Waals surface area contributed by atoms with Gasteiger partial charge < -0.3 is 10.5 Å². The Bertz CT molecular complexity index is 205. The van der Waals surface area contributed by atoms with E-state index in [0.717, 1.165) is 19.6 Å². The molecule has 1 rings (SSSR count). The summed E-state index contributed by atoms with van der Waals surface area (Å²) in [6.07, 6.45) is 3.59. The molecule has 4 nitrogen and oxygen atoms in total. The van der Waals surface area contributed by atoms with Crippen molar-refractivity contribution in [2.24, 2.45) is 5.73 Å². The van der Waals surface area contributed by atoms with E-state index in [0.29, 0.717) is 12.1 Å². The zero-order valence-corrected chi connectivity index (χ0v) is 12.4. The van der Waals surface area contributed by atoms with Crippen molar-refractivity contribution in [2.75, 3.05) is 46.4 Å². The van der Waals surface area contributed by atoms with E-state index in [-0.39, 0.29) is 0 Å². The van der Waals surface area contributed by atoms with Crippen molar-refractivity contribution >= 4 is 0 Å². The first-order valence-corrected chi connectivity index (χ1v) is 7.40. The van der Waals surface area contributed by atoms with Gasteiger partial charge >= 0.3 is 0 Å². The van der Waals surface area contributed by atoms with Gasteiger partial charge in [0.2, 0.25) is 0 Å². The lowest BCUT2D eigenvalue weighted by Crippen LogP contribution is -2.54. The van der Waals surface area contributed by atoms with E-state index < -0.39 is 0 Å². The van der Waals surface area contributed by atoms with Gasteiger partial charge in [-0.05, 0) is 19.8 Å². The number of ether oxygens (including phenoxy) is 1. The molecule has 0 aromatic rings. The van der Waals surface area contributed by atoms with Crippen LogP contribution in [0.5, 0.6) is 0 Å². The number of piperazine rings is 1. The maximum absolute atomic E-state index is 5.88. The van der Waals surface area contributed by atoms with E-state index in [4.69, 9.17) is 10.5 Å². The van der Waals surface area contributed by atoms with Crippen molar-refractivity contribution in [3.05, 3.63) is 0 Å². The second-order valence-corrected chi connectivity index (χ2v) is 5.38.